The summed E-state index contributed by atoms with van der Waals surface area (Å²) >= 11 is 0. The highest BCUT2D eigenvalue weighted by Crippen LogP contribution is 2.32. The predicted molar refractivity (Wildman–Crippen MR) is 137 cm³/mol. The average molecular weight is 484 g/mol. The van der Waals surface area contributed by atoms with E-state index in [1.807, 2.05) is 58.0 Å². The Labute approximate surface area is 208 Å². The number of hydrogen-bond acceptors (Lipinski definition) is 5. The van der Waals surface area contributed by atoms with Crippen molar-refractivity contribution < 1.29 is 19.0 Å². The summed E-state index contributed by atoms with van der Waals surface area (Å²) in [6.07, 6.45) is 0.277. The molecule has 0 aliphatic carbocycles. The zero-order valence-electron chi connectivity index (χ0n) is 21.7. The molecule has 1 aromatic heterocycles. The third kappa shape index (κ3) is 7.62. The number of aliphatic hydroxyl groups excluding tert-OH is 1. The van der Waals surface area contributed by atoms with Gasteiger partial charge in [0.1, 0.15) is 11.6 Å². The second-order valence-electron chi connectivity index (χ2n) is 9.94. The molecule has 0 fully saturated rings. The second kappa shape index (κ2) is 11.8. The highest BCUT2D eigenvalue weighted by Gasteiger charge is 2.25. The summed E-state index contributed by atoms with van der Waals surface area (Å²) in [5, 5.41) is 15.5. The lowest BCUT2D eigenvalue weighted by molar-refractivity contribution is -0.0593. The Hall–Kier alpha value is -2.74. The first kappa shape index (κ1) is 26.9. The number of aromatic nitrogens is 2. The van der Waals surface area contributed by atoms with Gasteiger partial charge in [-0.2, -0.15) is 5.10 Å². The van der Waals surface area contributed by atoms with Crippen LogP contribution < -0.4 is 4.74 Å². The van der Waals surface area contributed by atoms with Crippen LogP contribution in [-0.4, -0.2) is 50.7 Å². The van der Waals surface area contributed by atoms with Gasteiger partial charge in [0.25, 0.3) is 0 Å². The molecule has 0 amide bonds. The van der Waals surface area contributed by atoms with Gasteiger partial charge in [0.05, 0.1) is 35.3 Å². The Balaban J connectivity index is 1.95. The third-order valence-corrected chi connectivity index (χ3v) is 5.88. The molecule has 3 aromatic rings. The SMILES string of the molecule is CC[C@@H](C)N(Cc1c(C)nn(-c2ccccc2)c1Oc1cccc(F)c1)C[C@@H](O)COC(C)(C)C. The van der Waals surface area contributed by atoms with Crippen LogP contribution in [0.2, 0.25) is 0 Å². The summed E-state index contributed by atoms with van der Waals surface area (Å²) in [5.41, 5.74) is 2.24. The van der Waals surface area contributed by atoms with Gasteiger partial charge in [0.2, 0.25) is 5.88 Å². The van der Waals surface area contributed by atoms with Gasteiger partial charge in [-0.3, -0.25) is 4.90 Å². The van der Waals surface area contributed by atoms with Crippen molar-refractivity contribution in [2.24, 2.45) is 0 Å². The maximum atomic E-state index is 13.9. The van der Waals surface area contributed by atoms with Crippen LogP contribution in [0.1, 0.15) is 52.3 Å². The Morgan fingerprint density at radius 2 is 1.83 bits per heavy atom. The van der Waals surface area contributed by atoms with Crippen molar-refractivity contribution in [3.05, 3.63) is 71.7 Å². The van der Waals surface area contributed by atoms with Crippen molar-refractivity contribution in [1.82, 2.24) is 14.7 Å². The molecule has 2 aromatic carbocycles. The van der Waals surface area contributed by atoms with Gasteiger partial charge in [-0.05, 0) is 65.3 Å². The molecule has 0 aliphatic heterocycles. The van der Waals surface area contributed by atoms with Crippen molar-refractivity contribution in [1.29, 1.82) is 0 Å². The van der Waals surface area contributed by atoms with Crippen LogP contribution >= 0.6 is 0 Å². The number of halogens is 1. The van der Waals surface area contributed by atoms with Gasteiger partial charge in [-0.25, -0.2) is 9.07 Å². The molecule has 0 bridgehead atoms. The fraction of sp³-hybridized carbons (Fsp3) is 0.464. The summed E-state index contributed by atoms with van der Waals surface area (Å²) in [4.78, 5) is 2.22. The van der Waals surface area contributed by atoms with E-state index >= 15 is 0 Å². The zero-order chi connectivity index (χ0) is 25.6. The molecule has 0 saturated carbocycles. The molecule has 190 valence electrons. The molecule has 0 spiro atoms. The van der Waals surface area contributed by atoms with E-state index in [9.17, 15) is 9.50 Å². The maximum absolute atomic E-state index is 13.9. The van der Waals surface area contributed by atoms with Crippen LogP contribution in [0.15, 0.2) is 54.6 Å². The van der Waals surface area contributed by atoms with Gasteiger partial charge < -0.3 is 14.6 Å². The fourth-order valence-corrected chi connectivity index (χ4v) is 3.74. The van der Waals surface area contributed by atoms with Crippen LogP contribution in [0.25, 0.3) is 5.69 Å². The van der Waals surface area contributed by atoms with Crippen LogP contribution in [0.3, 0.4) is 0 Å². The minimum absolute atomic E-state index is 0.209. The molecule has 1 N–H and O–H groups in total. The summed E-state index contributed by atoms with van der Waals surface area (Å²) in [5.74, 6) is 0.569. The van der Waals surface area contributed by atoms with Gasteiger partial charge in [-0.15, -0.1) is 0 Å². The highest BCUT2D eigenvalue weighted by molar-refractivity contribution is 5.43. The highest BCUT2D eigenvalue weighted by atomic mass is 19.1. The zero-order valence-corrected chi connectivity index (χ0v) is 21.7. The summed E-state index contributed by atoms with van der Waals surface area (Å²) in [6.45, 7) is 13.4. The number of para-hydroxylation sites is 1. The van der Waals surface area contributed by atoms with Crippen molar-refractivity contribution in [2.45, 2.75) is 72.3 Å². The summed E-state index contributed by atoms with van der Waals surface area (Å²) < 4.78 is 27.7. The van der Waals surface area contributed by atoms with Crippen molar-refractivity contribution >= 4 is 0 Å². The first-order chi connectivity index (χ1) is 16.6. The number of hydrogen-bond donors (Lipinski definition) is 1. The van der Waals surface area contributed by atoms with Crippen LogP contribution in [0.5, 0.6) is 11.6 Å². The lowest BCUT2D eigenvalue weighted by atomic mass is 10.1. The molecular weight excluding hydrogens is 445 g/mol. The minimum Gasteiger partial charge on any atom is -0.438 e. The van der Waals surface area contributed by atoms with Crippen LogP contribution in [-0.2, 0) is 11.3 Å². The molecule has 7 heteroatoms. The summed E-state index contributed by atoms with van der Waals surface area (Å²) in [6, 6.07) is 16.0. The Morgan fingerprint density at radius 1 is 1.11 bits per heavy atom. The van der Waals surface area contributed by atoms with E-state index in [-0.39, 0.29) is 24.1 Å². The van der Waals surface area contributed by atoms with Crippen LogP contribution in [0.4, 0.5) is 4.39 Å². The fourth-order valence-electron chi connectivity index (χ4n) is 3.74. The number of nitrogens with zero attached hydrogens (tertiary/aromatic N) is 3. The van der Waals surface area contributed by atoms with Gasteiger partial charge in [0.15, 0.2) is 0 Å². The largest absolute Gasteiger partial charge is 0.438 e. The average Bonchev–Trinajstić information content (AvgIpc) is 3.11. The monoisotopic (exact) mass is 483 g/mol. The lowest BCUT2D eigenvalue weighted by Gasteiger charge is -2.31. The molecule has 35 heavy (non-hydrogen) atoms. The van der Waals surface area contributed by atoms with E-state index in [4.69, 9.17) is 14.6 Å². The number of ether oxygens (including phenoxy) is 2. The topological polar surface area (TPSA) is 59.8 Å². The molecule has 3 rings (SSSR count). The van der Waals surface area contributed by atoms with Gasteiger partial charge >= 0.3 is 0 Å². The maximum Gasteiger partial charge on any atom is 0.227 e. The first-order valence-electron chi connectivity index (χ1n) is 12.2. The molecular formula is C28H38FN3O3. The standard InChI is InChI=1S/C28H38FN3O3/c1-7-20(2)31(17-24(33)19-34-28(4,5)6)18-26-21(3)30-32(23-13-9-8-10-14-23)27(26)35-25-15-11-12-22(29)16-25/h8-16,20,24,33H,7,17-19H2,1-6H3/t20-,24-/m1/s1. The third-order valence-electron chi connectivity index (χ3n) is 5.88. The van der Waals surface area contributed by atoms with Crippen LogP contribution in [0, 0.1) is 12.7 Å². The molecule has 2 atom stereocenters. The van der Waals surface area contributed by atoms with Crippen molar-refractivity contribution in [3.8, 4) is 17.3 Å². The molecule has 0 radical (unpaired) electrons. The quantitative estimate of drug-likeness (QED) is 0.369. The van der Waals surface area contributed by atoms with E-state index < -0.39 is 6.10 Å². The van der Waals surface area contributed by atoms with E-state index in [1.54, 1.807) is 16.8 Å². The number of aliphatic hydroxyl groups is 1. The predicted octanol–water partition coefficient (Wildman–Crippen LogP) is 5.89. The first-order valence-corrected chi connectivity index (χ1v) is 12.2. The normalized spacial score (nSPS) is 13.7. The van der Waals surface area contributed by atoms with E-state index in [2.05, 4.69) is 18.7 Å². The smallest absolute Gasteiger partial charge is 0.227 e. The Morgan fingerprint density at radius 3 is 2.46 bits per heavy atom. The molecule has 0 aliphatic rings. The summed E-state index contributed by atoms with van der Waals surface area (Å²) in [7, 11) is 0. The van der Waals surface area contributed by atoms with Gasteiger partial charge in [0, 0.05) is 25.2 Å². The number of benzene rings is 2. The van der Waals surface area contributed by atoms with E-state index in [0.29, 0.717) is 24.7 Å². The molecule has 0 saturated heterocycles. The molecule has 0 unspecified atom stereocenters. The van der Waals surface area contributed by atoms with E-state index in [1.165, 1.54) is 12.1 Å². The number of aryl methyl sites for hydroxylation is 1. The van der Waals surface area contributed by atoms with Crippen molar-refractivity contribution in [3.63, 3.8) is 0 Å². The molecule has 6 nitrogen and oxygen atoms in total. The van der Waals surface area contributed by atoms with E-state index in [0.717, 1.165) is 23.4 Å². The lowest BCUT2D eigenvalue weighted by Crippen LogP contribution is -2.41. The number of rotatable bonds is 11. The Bertz CT molecular complexity index is 1080. The van der Waals surface area contributed by atoms with Crippen molar-refractivity contribution in [2.75, 3.05) is 13.2 Å². The minimum atomic E-state index is -0.639. The second-order valence-corrected chi connectivity index (χ2v) is 9.94. The van der Waals surface area contributed by atoms with Gasteiger partial charge in [-0.1, -0.05) is 31.2 Å². The Kier molecular flexibility index (Phi) is 9.05. The molecule has 1 heterocycles.